The number of primary amides is 1. The molecule has 0 unspecified atom stereocenters. The van der Waals surface area contributed by atoms with Gasteiger partial charge >= 0.3 is 0 Å². The number of carbonyl (C=O) groups is 2. The highest BCUT2D eigenvalue weighted by atomic mass is 16.5. The molecule has 9 nitrogen and oxygen atoms in total. The molecule has 1 atom stereocenters. The Balaban J connectivity index is 1.68. The molecule has 9 heteroatoms. The topological polar surface area (TPSA) is 135 Å². The van der Waals surface area contributed by atoms with E-state index in [2.05, 4.69) is 15.1 Å². The van der Waals surface area contributed by atoms with E-state index in [0.717, 1.165) is 5.56 Å². The SMILES string of the molecule is CN1CC[C@](O)(c2cc(-c3cccc(-c4ccnc(C(N)=O)n4)c3)no2)C1=O. The molecule has 0 spiro atoms. The second kappa shape index (κ2) is 6.54. The van der Waals surface area contributed by atoms with E-state index >= 15 is 0 Å². The van der Waals surface area contributed by atoms with E-state index in [9.17, 15) is 14.7 Å². The van der Waals surface area contributed by atoms with Gasteiger partial charge in [0, 0.05) is 43.4 Å². The number of carbonyl (C=O) groups excluding carboxylic acids is 2. The molecule has 2 amide bonds. The summed E-state index contributed by atoms with van der Waals surface area (Å²) in [6, 6.07) is 10.5. The number of hydrogen-bond donors (Lipinski definition) is 2. The van der Waals surface area contributed by atoms with E-state index < -0.39 is 17.4 Å². The van der Waals surface area contributed by atoms with Crippen LogP contribution in [0, 0.1) is 0 Å². The highest BCUT2D eigenvalue weighted by molar-refractivity contribution is 5.89. The van der Waals surface area contributed by atoms with Gasteiger partial charge in [0.1, 0.15) is 5.69 Å². The van der Waals surface area contributed by atoms with Crippen LogP contribution in [0.3, 0.4) is 0 Å². The summed E-state index contributed by atoms with van der Waals surface area (Å²) in [6.45, 7) is 0.441. The fraction of sp³-hybridized carbons (Fsp3) is 0.211. The number of rotatable bonds is 4. The highest BCUT2D eigenvalue weighted by Gasteiger charge is 2.48. The molecule has 3 heterocycles. The largest absolute Gasteiger partial charge is 0.373 e. The average Bonchev–Trinajstić information content (AvgIpc) is 3.31. The summed E-state index contributed by atoms with van der Waals surface area (Å²) in [5, 5.41) is 14.7. The monoisotopic (exact) mass is 379 g/mol. The molecule has 1 fully saturated rings. The van der Waals surface area contributed by atoms with Crippen molar-refractivity contribution >= 4 is 11.8 Å². The van der Waals surface area contributed by atoms with Crippen molar-refractivity contribution in [3.05, 3.63) is 54.2 Å². The van der Waals surface area contributed by atoms with E-state index in [4.69, 9.17) is 10.3 Å². The minimum absolute atomic E-state index is 0.0716. The van der Waals surface area contributed by atoms with Crippen LogP contribution in [0.15, 0.2) is 47.1 Å². The molecule has 3 aromatic rings. The van der Waals surface area contributed by atoms with E-state index in [-0.39, 0.29) is 18.0 Å². The number of nitrogens with zero attached hydrogens (tertiary/aromatic N) is 4. The second-order valence-electron chi connectivity index (χ2n) is 6.62. The Morgan fingerprint density at radius 2 is 2.00 bits per heavy atom. The Labute approximate surface area is 159 Å². The molecule has 0 bridgehead atoms. The van der Waals surface area contributed by atoms with Gasteiger partial charge in [-0.1, -0.05) is 23.4 Å². The van der Waals surface area contributed by atoms with Crippen LogP contribution in [-0.2, 0) is 10.4 Å². The lowest BCUT2D eigenvalue weighted by Crippen LogP contribution is -2.35. The van der Waals surface area contributed by atoms with Crippen LogP contribution >= 0.6 is 0 Å². The smallest absolute Gasteiger partial charge is 0.286 e. The summed E-state index contributed by atoms with van der Waals surface area (Å²) in [6.07, 6.45) is 1.70. The van der Waals surface area contributed by atoms with Crippen LogP contribution in [0.4, 0.5) is 0 Å². The highest BCUT2D eigenvalue weighted by Crippen LogP contribution is 2.35. The van der Waals surface area contributed by atoms with Gasteiger partial charge in [0.25, 0.3) is 11.8 Å². The number of aliphatic hydroxyl groups is 1. The molecule has 28 heavy (non-hydrogen) atoms. The number of likely N-dealkylation sites (N-methyl/N-ethyl adjacent to an activating group) is 1. The van der Waals surface area contributed by atoms with Crippen LogP contribution in [-0.4, -0.2) is 50.5 Å². The molecule has 1 aromatic carbocycles. The first kappa shape index (κ1) is 17.8. The maximum atomic E-state index is 12.2. The fourth-order valence-electron chi connectivity index (χ4n) is 3.16. The van der Waals surface area contributed by atoms with E-state index in [1.807, 2.05) is 12.1 Å². The predicted octanol–water partition coefficient (Wildman–Crippen LogP) is 0.947. The summed E-state index contributed by atoms with van der Waals surface area (Å²) >= 11 is 0. The number of aromatic nitrogens is 3. The molecule has 0 radical (unpaired) electrons. The number of nitrogens with two attached hydrogens (primary N) is 1. The lowest BCUT2D eigenvalue weighted by molar-refractivity contribution is -0.144. The quantitative estimate of drug-likeness (QED) is 0.689. The molecule has 0 aliphatic carbocycles. The summed E-state index contributed by atoms with van der Waals surface area (Å²) in [5.41, 5.74) is 5.97. The molecular formula is C19H17N5O4. The number of amides is 2. The van der Waals surface area contributed by atoms with Crippen molar-refractivity contribution in [3.8, 4) is 22.5 Å². The van der Waals surface area contributed by atoms with Crippen LogP contribution < -0.4 is 5.73 Å². The van der Waals surface area contributed by atoms with Crippen molar-refractivity contribution in [2.75, 3.05) is 13.6 Å². The van der Waals surface area contributed by atoms with Gasteiger partial charge in [-0.3, -0.25) is 9.59 Å². The maximum Gasteiger partial charge on any atom is 0.286 e. The van der Waals surface area contributed by atoms with Crippen molar-refractivity contribution < 1.29 is 19.2 Å². The summed E-state index contributed by atoms with van der Waals surface area (Å²) in [5.74, 6) is -1.08. The van der Waals surface area contributed by atoms with E-state index in [1.165, 1.54) is 11.1 Å². The van der Waals surface area contributed by atoms with Crippen LogP contribution in [0.2, 0.25) is 0 Å². The number of hydrogen-bond acceptors (Lipinski definition) is 7. The zero-order valence-corrected chi connectivity index (χ0v) is 15.0. The van der Waals surface area contributed by atoms with E-state index in [0.29, 0.717) is 23.5 Å². The van der Waals surface area contributed by atoms with Gasteiger partial charge in [-0.2, -0.15) is 0 Å². The predicted molar refractivity (Wildman–Crippen MR) is 97.6 cm³/mol. The molecule has 1 aliphatic heterocycles. The molecule has 4 rings (SSSR count). The lowest BCUT2D eigenvalue weighted by atomic mass is 9.98. The summed E-state index contributed by atoms with van der Waals surface area (Å²) < 4.78 is 5.29. The minimum Gasteiger partial charge on any atom is -0.373 e. The second-order valence-corrected chi connectivity index (χ2v) is 6.62. The first-order chi connectivity index (χ1) is 13.4. The Morgan fingerprint density at radius 3 is 2.68 bits per heavy atom. The third-order valence-corrected chi connectivity index (χ3v) is 4.76. The molecule has 1 aliphatic rings. The molecule has 1 saturated heterocycles. The van der Waals surface area contributed by atoms with E-state index in [1.54, 1.807) is 31.3 Å². The first-order valence-corrected chi connectivity index (χ1v) is 8.57. The molecule has 142 valence electrons. The molecule has 0 saturated carbocycles. The third kappa shape index (κ3) is 2.91. The zero-order valence-electron chi connectivity index (χ0n) is 15.0. The van der Waals surface area contributed by atoms with Crippen molar-refractivity contribution in [2.45, 2.75) is 12.0 Å². The van der Waals surface area contributed by atoms with Gasteiger partial charge in [-0.05, 0) is 12.1 Å². The summed E-state index contributed by atoms with van der Waals surface area (Å²) in [4.78, 5) is 33.0. The minimum atomic E-state index is -1.69. The van der Waals surface area contributed by atoms with Gasteiger partial charge in [0.15, 0.2) is 5.76 Å². The lowest BCUT2D eigenvalue weighted by Gasteiger charge is -2.16. The zero-order chi connectivity index (χ0) is 19.9. The van der Waals surface area contributed by atoms with Gasteiger partial charge in [0.2, 0.25) is 11.4 Å². The van der Waals surface area contributed by atoms with Gasteiger partial charge in [-0.25, -0.2) is 9.97 Å². The Bertz CT molecular complexity index is 1080. The Morgan fingerprint density at radius 1 is 1.25 bits per heavy atom. The fourth-order valence-corrected chi connectivity index (χ4v) is 3.16. The normalized spacial score (nSPS) is 19.2. The van der Waals surface area contributed by atoms with Crippen LogP contribution in [0.5, 0.6) is 0 Å². The van der Waals surface area contributed by atoms with Gasteiger partial charge in [-0.15, -0.1) is 0 Å². The first-order valence-electron chi connectivity index (χ1n) is 8.57. The molecule has 3 N–H and O–H groups in total. The Hall–Kier alpha value is -3.59. The number of benzene rings is 1. The summed E-state index contributed by atoms with van der Waals surface area (Å²) in [7, 11) is 1.63. The van der Waals surface area contributed by atoms with Crippen molar-refractivity contribution in [1.82, 2.24) is 20.0 Å². The Kier molecular flexibility index (Phi) is 4.16. The van der Waals surface area contributed by atoms with Crippen molar-refractivity contribution in [3.63, 3.8) is 0 Å². The number of likely N-dealkylation sites (tertiary alicyclic amines) is 1. The average molecular weight is 379 g/mol. The van der Waals surface area contributed by atoms with Gasteiger partial charge in [0.05, 0.1) is 5.69 Å². The third-order valence-electron chi connectivity index (χ3n) is 4.76. The van der Waals surface area contributed by atoms with Crippen molar-refractivity contribution in [2.24, 2.45) is 5.73 Å². The molecule has 2 aromatic heterocycles. The maximum absolute atomic E-state index is 12.2. The van der Waals surface area contributed by atoms with Crippen molar-refractivity contribution in [1.29, 1.82) is 0 Å². The van der Waals surface area contributed by atoms with Crippen LogP contribution in [0.25, 0.3) is 22.5 Å². The van der Waals surface area contributed by atoms with Gasteiger partial charge < -0.3 is 20.3 Å². The molecular weight excluding hydrogens is 362 g/mol. The van der Waals surface area contributed by atoms with Crippen LogP contribution in [0.1, 0.15) is 22.8 Å². The standard InChI is InChI=1S/C19H17N5O4/c1-24-8-6-19(27,18(24)26)15-10-14(23-28-15)12-4-2-3-11(9-12)13-5-7-21-17(22-13)16(20)25/h2-5,7,9-10,27H,6,8H2,1H3,(H2,20,25)/t19-/m0/s1.